The Balaban J connectivity index is 1.45. The van der Waals surface area contributed by atoms with E-state index in [1.165, 1.54) is 28.0 Å². The lowest BCUT2D eigenvalue weighted by Gasteiger charge is -2.13. The number of thiazole rings is 1. The second-order valence-corrected chi connectivity index (χ2v) is 9.00. The van der Waals surface area contributed by atoms with Crippen molar-refractivity contribution in [1.82, 2.24) is 9.88 Å². The highest BCUT2D eigenvalue weighted by molar-refractivity contribution is 8.26. The van der Waals surface area contributed by atoms with Crippen molar-refractivity contribution in [3.8, 4) is 0 Å². The zero-order valence-electron chi connectivity index (χ0n) is 14.2. The fraction of sp³-hybridized carbons (Fsp3) is 0.0526. The molecule has 1 aliphatic heterocycles. The molecule has 2 heterocycles. The van der Waals surface area contributed by atoms with Crippen molar-refractivity contribution in [1.29, 1.82) is 0 Å². The molecule has 0 unspecified atom stereocenters. The second kappa shape index (κ2) is 8.00. The van der Waals surface area contributed by atoms with Gasteiger partial charge in [-0.3, -0.25) is 14.5 Å². The fourth-order valence-corrected chi connectivity index (χ4v) is 5.00. The van der Waals surface area contributed by atoms with Crippen molar-refractivity contribution >= 4 is 84.5 Å². The van der Waals surface area contributed by atoms with Crippen LogP contribution in [0.1, 0.15) is 5.56 Å². The van der Waals surface area contributed by atoms with Crippen molar-refractivity contribution in [2.24, 2.45) is 0 Å². The van der Waals surface area contributed by atoms with Gasteiger partial charge in [0.15, 0.2) is 5.13 Å². The number of carbonyl (C=O) groups is 2. The van der Waals surface area contributed by atoms with Gasteiger partial charge < -0.3 is 5.32 Å². The van der Waals surface area contributed by atoms with Crippen molar-refractivity contribution in [3.63, 3.8) is 0 Å². The molecular weight excluding hydrogens is 434 g/mol. The highest BCUT2D eigenvalue weighted by Crippen LogP contribution is 2.33. The van der Waals surface area contributed by atoms with Gasteiger partial charge in [-0.15, -0.1) is 0 Å². The van der Waals surface area contributed by atoms with Gasteiger partial charge in [-0.05, 0) is 29.8 Å². The maximum atomic E-state index is 12.6. The molecule has 140 valence electrons. The number of carbonyl (C=O) groups excluding carboxylic acids is 2. The zero-order valence-corrected chi connectivity index (χ0v) is 17.4. The molecule has 2 amide bonds. The van der Waals surface area contributed by atoms with Crippen LogP contribution in [0.2, 0.25) is 5.02 Å². The minimum absolute atomic E-state index is 0.159. The maximum Gasteiger partial charge on any atom is 0.266 e. The van der Waals surface area contributed by atoms with Crippen LogP contribution in [-0.4, -0.2) is 32.6 Å². The van der Waals surface area contributed by atoms with Crippen molar-refractivity contribution in [3.05, 3.63) is 64.0 Å². The molecule has 0 saturated carbocycles. The van der Waals surface area contributed by atoms with Crippen LogP contribution < -0.4 is 5.32 Å². The maximum absolute atomic E-state index is 12.6. The lowest BCUT2D eigenvalue weighted by molar-refractivity contribution is -0.126. The summed E-state index contributed by atoms with van der Waals surface area (Å²) in [5.74, 6) is -0.632. The number of rotatable bonds is 4. The smallest absolute Gasteiger partial charge is 0.266 e. The highest BCUT2D eigenvalue weighted by atomic mass is 35.5. The molecule has 1 fully saturated rings. The molecule has 9 heteroatoms. The average molecular weight is 446 g/mol. The first-order valence-corrected chi connectivity index (χ1v) is 10.6. The molecule has 1 aliphatic rings. The van der Waals surface area contributed by atoms with Crippen LogP contribution >= 0.6 is 46.9 Å². The van der Waals surface area contributed by atoms with Crippen molar-refractivity contribution in [2.45, 2.75) is 0 Å². The molecule has 28 heavy (non-hydrogen) atoms. The lowest BCUT2D eigenvalue weighted by Crippen LogP contribution is -2.36. The fourth-order valence-electron chi connectivity index (χ4n) is 2.59. The van der Waals surface area contributed by atoms with Crippen LogP contribution in [-0.2, 0) is 9.59 Å². The van der Waals surface area contributed by atoms with E-state index in [1.807, 2.05) is 30.3 Å². The summed E-state index contributed by atoms with van der Waals surface area (Å²) < 4.78 is 1.23. The lowest BCUT2D eigenvalue weighted by atomic mass is 10.2. The number of thiocarbonyl (C=S) groups is 1. The van der Waals surface area contributed by atoms with Crippen LogP contribution in [0.3, 0.4) is 0 Å². The monoisotopic (exact) mass is 445 g/mol. The first kappa shape index (κ1) is 19.1. The van der Waals surface area contributed by atoms with E-state index in [-0.39, 0.29) is 18.4 Å². The third kappa shape index (κ3) is 4.10. The van der Waals surface area contributed by atoms with Gasteiger partial charge in [0.1, 0.15) is 10.9 Å². The highest BCUT2D eigenvalue weighted by Gasteiger charge is 2.33. The van der Waals surface area contributed by atoms with Crippen LogP contribution in [0, 0.1) is 0 Å². The van der Waals surface area contributed by atoms with Gasteiger partial charge in [0, 0.05) is 5.02 Å². The number of aromatic nitrogens is 1. The van der Waals surface area contributed by atoms with Gasteiger partial charge in [-0.2, -0.15) is 0 Å². The van der Waals surface area contributed by atoms with Gasteiger partial charge in [0.2, 0.25) is 5.91 Å². The number of anilines is 1. The topological polar surface area (TPSA) is 62.3 Å². The molecule has 1 aromatic heterocycles. The van der Waals surface area contributed by atoms with Crippen LogP contribution in [0.25, 0.3) is 16.3 Å². The summed E-state index contributed by atoms with van der Waals surface area (Å²) in [5.41, 5.74) is 1.65. The largest absolute Gasteiger partial charge is 0.300 e. The molecule has 0 bridgehead atoms. The summed E-state index contributed by atoms with van der Waals surface area (Å²) in [7, 11) is 0. The first-order chi connectivity index (χ1) is 13.5. The molecule has 3 aromatic rings. The standard InChI is InChI=1S/C19H12ClN3O2S3/c20-12-6-7-13-14(9-12)27-18(21-13)22-16(24)10-23-17(25)15(28-19(23)26)8-11-4-2-1-3-5-11/h1-9H,10H2,(H,21,22,24)/b15-8-. The van der Waals surface area contributed by atoms with Gasteiger partial charge in [0.25, 0.3) is 5.91 Å². The number of halogens is 1. The predicted octanol–water partition coefficient (Wildman–Crippen LogP) is 4.79. The van der Waals surface area contributed by atoms with Gasteiger partial charge >= 0.3 is 0 Å². The molecule has 0 spiro atoms. The Morgan fingerprint density at radius 1 is 1.25 bits per heavy atom. The Kier molecular flexibility index (Phi) is 5.45. The molecule has 0 aliphatic carbocycles. The Bertz CT molecular complexity index is 1130. The molecule has 4 rings (SSSR count). The summed E-state index contributed by atoms with van der Waals surface area (Å²) in [6.07, 6.45) is 1.77. The summed E-state index contributed by atoms with van der Waals surface area (Å²) in [6.45, 7) is -0.159. The van der Waals surface area contributed by atoms with E-state index in [9.17, 15) is 9.59 Å². The van der Waals surface area contributed by atoms with Gasteiger partial charge in [-0.25, -0.2) is 4.98 Å². The summed E-state index contributed by atoms with van der Waals surface area (Å²) in [6, 6.07) is 14.8. The third-order valence-electron chi connectivity index (χ3n) is 3.87. The number of thioether (sulfide) groups is 1. The van der Waals surface area contributed by atoms with E-state index >= 15 is 0 Å². The normalized spacial score (nSPS) is 15.6. The summed E-state index contributed by atoms with van der Waals surface area (Å²) in [4.78, 5) is 31.2. The molecule has 1 N–H and O–H groups in total. The van der Waals surface area contributed by atoms with Crippen LogP contribution in [0.5, 0.6) is 0 Å². The third-order valence-corrected chi connectivity index (χ3v) is 6.42. The molecular formula is C19H12ClN3O2S3. The molecule has 2 aromatic carbocycles. The second-order valence-electron chi connectivity index (χ2n) is 5.86. The minimum atomic E-state index is -0.359. The average Bonchev–Trinajstić information content (AvgIpc) is 3.17. The van der Waals surface area contributed by atoms with E-state index < -0.39 is 0 Å². The molecule has 1 saturated heterocycles. The van der Waals surface area contributed by atoms with Crippen molar-refractivity contribution < 1.29 is 9.59 Å². The van der Waals surface area contributed by atoms with Crippen LogP contribution in [0.4, 0.5) is 5.13 Å². The van der Waals surface area contributed by atoms with E-state index in [0.717, 1.165) is 15.8 Å². The number of hydrogen-bond acceptors (Lipinski definition) is 6. The zero-order chi connectivity index (χ0) is 19.7. The predicted molar refractivity (Wildman–Crippen MR) is 120 cm³/mol. The van der Waals surface area contributed by atoms with Gasteiger partial charge in [0.05, 0.1) is 15.1 Å². The number of nitrogens with zero attached hydrogens (tertiary/aromatic N) is 2. The first-order valence-electron chi connectivity index (χ1n) is 8.16. The Morgan fingerprint density at radius 2 is 2.04 bits per heavy atom. The number of fused-ring (bicyclic) bond motifs is 1. The van der Waals surface area contributed by atoms with Gasteiger partial charge in [-0.1, -0.05) is 77.2 Å². The SMILES string of the molecule is O=C(CN1C(=O)/C(=C/c2ccccc2)SC1=S)Nc1nc2ccc(Cl)cc2s1. The summed E-state index contributed by atoms with van der Waals surface area (Å²) >= 11 is 13.8. The number of nitrogens with one attached hydrogen (secondary N) is 1. The Morgan fingerprint density at radius 3 is 2.82 bits per heavy atom. The number of hydrogen-bond donors (Lipinski definition) is 1. The Hall–Kier alpha value is -2.26. The molecule has 5 nitrogen and oxygen atoms in total. The Labute approximate surface area is 179 Å². The number of amides is 2. The molecule has 0 atom stereocenters. The minimum Gasteiger partial charge on any atom is -0.300 e. The number of benzene rings is 2. The van der Waals surface area contributed by atoms with E-state index in [2.05, 4.69) is 10.3 Å². The molecule has 0 radical (unpaired) electrons. The summed E-state index contributed by atoms with van der Waals surface area (Å²) in [5, 5.41) is 3.79. The quantitative estimate of drug-likeness (QED) is 0.462. The van der Waals surface area contributed by atoms with E-state index in [1.54, 1.807) is 24.3 Å². The van der Waals surface area contributed by atoms with E-state index in [4.69, 9.17) is 23.8 Å². The van der Waals surface area contributed by atoms with E-state index in [0.29, 0.717) is 19.4 Å². The van der Waals surface area contributed by atoms with Crippen LogP contribution in [0.15, 0.2) is 53.4 Å². The van der Waals surface area contributed by atoms with Crippen molar-refractivity contribution in [2.75, 3.05) is 11.9 Å².